The first-order valence-electron chi connectivity index (χ1n) is 3.74. The Labute approximate surface area is 72.5 Å². The summed E-state index contributed by atoms with van der Waals surface area (Å²) in [5.74, 6) is 0. The van der Waals surface area contributed by atoms with E-state index in [4.69, 9.17) is 4.74 Å². The Morgan fingerprint density at radius 1 is 1.62 bits per heavy atom. The molecule has 2 rings (SSSR count). The second-order valence-electron chi connectivity index (χ2n) is 2.54. The van der Waals surface area contributed by atoms with Crippen LogP contribution in [-0.4, -0.2) is 21.4 Å². The lowest BCUT2D eigenvalue weighted by Gasteiger charge is -2.08. The van der Waals surface area contributed by atoms with Crippen LogP contribution in [0.25, 0.3) is 0 Å². The summed E-state index contributed by atoms with van der Waals surface area (Å²) < 4.78 is 6.20. The zero-order chi connectivity index (χ0) is 9.26. The number of aromatic nitrogens is 3. The van der Waals surface area contributed by atoms with Crippen LogP contribution >= 0.6 is 0 Å². The summed E-state index contributed by atoms with van der Waals surface area (Å²) in [6, 6.07) is 0. The Bertz CT molecular complexity index is 445. The molecule has 0 aromatic carbocycles. The summed E-state index contributed by atoms with van der Waals surface area (Å²) in [6.07, 6.45) is 4.03. The molecule has 1 aromatic rings. The molecule has 0 radical (unpaired) electrons. The van der Waals surface area contributed by atoms with Crippen LogP contribution in [0.5, 0.6) is 0 Å². The van der Waals surface area contributed by atoms with Gasteiger partial charge in [-0.15, -0.1) is 0 Å². The first-order chi connectivity index (χ1) is 6.27. The molecule has 0 aliphatic carbocycles. The number of hydrogen-bond donors (Lipinski definition) is 1. The summed E-state index contributed by atoms with van der Waals surface area (Å²) in [7, 11) is 0. The molecule has 1 N–H and O–H groups in total. The van der Waals surface area contributed by atoms with Crippen LogP contribution in [0.3, 0.4) is 0 Å². The molecule has 0 saturated heterocycles. The van der Waals surface area contributed by atoms with E-state index in [1.165, 1.54) is 0 Å². The molecule has 1 aliphatic rings. The third kappa shape index (κ3) is 1.43. The SMILES string of the molecule is O=c1cnn(C2C=CCO2)c(=O)[nH]1. The molecule has 1 unspecified atom stereocenters. The van der Waals surface area contributed by atoms with Gasteiger partial charge in [-0.3, -0.25) is 9.78 Å². The monoisotopic (exact) mass is 181 g/mol. The average Bonchev–Trinajstić information content (AvgIpc) is 2.56. The second kappa shape index (κ2) is 2.98. The fourth-order valence-electron chi connectivity index (χ4n) is 1.08. The van der Waals surface area contributed by atoms with Gasteiger partial charge in [-0.05, 0) is 6.08 Å². The molecule has 1 aliphatic heterocycles. The van der Waals surface area contributed by atoms with Crippen molar-refractivity contribution in [2.45, 2.75) is 6.23 Å². The lowest BCUT2D eigenvalue weighted by atomic mass is 10.5. The zero-order valence-corrected chi connectivity index (χ0v) is 6.64. The van der Waals surface area contributed by atoms with Crippen LogP contribution in [-0.2, 0) is 4.74 Å². The molecular weight excluding hydrogens is 174 g/mol. The lowest BCUT2D eigenvalue weighted by molar-refractivity contribution is 0.0607. The van der Waals surface area contributed by atoms with E-state index in [0.717, 1.165) is 10.9 Å². The van der Waals surface area contributed by atoms with Crippen molar-refractivity contribution in [2.24, 2.45) is 0 Å². The minimum Gasteiger partial charge on any atom is -0.349 e. The Balaban J connectivity index is 2.46. The van der Waals surface area contributed by atoms with Crippen LogP contribution in [0.15, 0.2) is 27.9 Å². The van der Waals surface area contributed by atoms with E-state index in [1.807, 2.05) is 0 Å². The third-order valence-electron chi connectivity index (χ3n) is 1.64. The van der Waals surface area contributed by atoms with E-state index in [-0.39, 0.29) is 0 Å². The summed E-state index contributed by atoms with van der Waals surface area (Å²) in [5, 5.41) is 3.64. The van der Waals surface area contributed by atoms with Gasteiger partial charge in [-0.2, -0.15) is 9.78 Å². The van der Waals surface area contributed by atoms with Crippen molar-refractivity contribution in [1.29, 1.82) is 0 Å². The number of H-pyrrole nitrogens is 1. The summed E-state index contributed by atoms with van der Waals surface area (Å²) in [4.78, 5) is 23.9. The molecule has 1 atom stereocenters. The molecule has 0 amide bonds. The van der Waals surface area contributed by atoms with Crippen LogP contribution in [0.4, 0.5) is 0 Å². The molecule has 1 aromatic heterocycles. The smallest absolute Gasteiger partial charge is 0.347 e. The Kier molecular flexibility index (Phi) is 1.82. The third-order valence-corrected chi connectivity index (χ3v) is 1.64. The van der Waals surface area contributed by atoms with Crippen molar-refractivity contribution >= 4 is 0 Å². The van der Waals surface area contributed by atoms with Gasteiger partial charge < -0.3 is 4.74 Å². The number of rotatable bonds is 1. The van der Waals surface area contributed by atoms with Gasteiger partial charge in [-0.25, -0.2) is 4.79 Å². The zero-order valence-electron chi connectivity index (χ0n) is 6.64. The van der Waals surface area contributed by atoms with E-state index in [1.54, 1.807) is 12.2 Å². The highest BCUT2D eigenvalue weighted by atomic mass is 16.5. The quantitative estimate of drug-likeness (QED) is 0.565. The van der Waals surface area contributed by atoms with Crippen LogP contribution < -0.4 is 11.2 Å². The first kappa shape index (κ1) is 7.93. The van der Waals surface area contributed by atoms with Crippen LogP contribution in [0, 0.1) is 0 Å². The molecule has 0 spiro atoms. The standard InChI is InChI=1S/C7H7N3O3/c11-5-4-8-10(7(12)9-5)6-2-1-3-13-6/h1-2,4,6H,3H2,(H,9,11,12). The fraction of sp³-hybridized carbons (Fsp3) is 0.286. The maximum absolute atomic E-state index is 11.2. The van der Waals surface area contributed by atoms with Gasteiger partial charge in [-0.1, -0.05) is 6.08 Å². The number of nitrogens with one attached hydrogen (secondary N) is 1. The number of aromatic amines is 1. The number of nitrogens with zero attached hydrogens (tertiary/aromatic N) is 2. The highest BCUT2D eigenvalue weighted by Crippen LogP contribution is 2.10. The predicted octanol–water partition coefficient (Wildman–Crippen LogP) is -0.983. The minimum atomic E-state index is -0.566. The molecular formula is C7H7N3O3. The second-order valence-corrected chi connectivity index (χ2v) is 2.54. The Morgan fingerprint density at radius 3 is 3.08 bits per heavy atom. The Hall–Kier alpha value is -1.69. The van der Waals surface area contributed by atoms with Crippen molar-refractivity contribution in [3.63, 3.8) is 0 Å². The van der Waals surface area contributed by atoms with Crippen LogP contribution in [0.2, 0.25) is 0 Å². The molecule has 13 heavy (non-hydrogen) atoms. The fourth-order valence-corrected chi connectivity index (χ4v) is 1.08. The maximum atomic E-state index is 11.2. The highest BCUT2D eigenvalue weighted by Gasteiger charge is 2.13. The molecule has 0 saturated carbocycles. The summed E-state index contributed by atoms with van der Waals surface area (Å²) >= 11 is 0. The molecule has 6 nitrogen and oxygen atoms in total. The van der Waals surface area contributed by atoms with Gasteiger partial charge in [0.2, 0.25) is 0 Å². The minimum absolute atomic E-state index is 0.456. The van der Waals surface area contributed by atoms with E-state index < -0.39 is 17.5 Å². The summed E-state index contributed by atoms with van der Waals surface area (Å²) in [6.45, 7) is 0.456. The largest absolute Gasteiger partial charge is 0.349 e. The maximum Gasteiger partial charge on any atom is 0.347 e. The topological polar surface area (TPSA) is 77.0 Å². The van der Waals surface area contributed by atoms with E-state index in [0.29, 0.717) is 6.61 Å². The van der Waals surface area contributed by atoms with Crippen molar-refractivity contribution in [2.75, 3.05) is 6.61 Å². The summed E-state index contributed by atoms with van der Waals surface area (Å²) in [5.41, 5.74) is -1.08. The molecule has 0 fully saturated rings. The molecule has 2 heterocycles. The molecule has 68 valence electrons. The van der Waals surface area contributed by atoms with Gasteiger partial charge in [0.25, 0.3) is 5.56 Å². The van der Waals surface area contributed by atoms with E-state index >= 15 is 0 Å². The van der Waals surface area contributed by atoms with Gasteiger partial charge >= 0.3 is 5.69 Å². The van der Waals surface area contributed by atoms with E-state index in [9.17, 15) is 9.59 Å². The van der Waals surface area contributed by atoms with Crippen molar-refractivity contribution < 1.29 is 4.74 Å². The lowest BCUT2D eigenvalue weighted by Crippen LogP contribution is -2.33. The van der Waals surface area contributed by atoms with E-state index in [2.05, 4.69) is 10.1 Å². The van der Waals surface area contributed by atoms with Crippen LogP contribution in [0.1, 0.15) is 6.23 Å². The number of hydrogen-bond acceptors (Lipinski definition) is 4. The van der Waals surface area contributed by atoms with Crippen molar-refractivity contribution in [3.05, 3.63) is 39.2 Å². The number of ether oxygens (including phenoxy) is 1. The predicted molar refractivity (Wildman–Crippen MR) is 43.2 cm³/mol. The van der Waals surface area contributed by atoms with Gasteiger partial charge in [0.05, 0.1) is 6.61 Å². The molecule has 0 bridgehead atoms. The first-order valence-corrected chi connectivity index (χ1v) is 3.74. The average molecular weight is 181 g/mol. The van der Waals surface area contributed by atoms with Gasteiger partial charge in [0, 0.05) is 0 Å². The highest BCUT2D eigenvalue weighted by molar-refractivity contribution is 4.93. The molecule has 6 heteroatoms. The van der Waals surface area contributed by atoms with Crippen molar-refractivity contribution in [1.82, 2.24) is 14.8 Å². The Morgan fingerprint density at radius 2 is 2.46 bits per heavy atom. The van der Waals surface area contributed by atoms with Gasteiger partial charge in [0.15, 0.2) is 6.23 Å². The normalized spacial score (nSPS) is 20.8. The van der Waals surface area contributed by atoms with Gasteiger partial charge in [0.1, 0.15) is 6.20 Å². The van der Waals surface area contributed by atoms with Crippen molar-refractivity contribution in [3.8, 4) is 0 Å².